The molecule has 1 unspecified atom stereocenters. The van der Waals surface area contributed by atoms with Crippen LogP contribution in [0.3, 0.4) is 0 Å². The van der Waals surface area contributed by atoms with Gasteiger partial charge in [-0.25, -0.2) is 0 Å². The van der Waals surface area contributed by atoms with Crippen molar-refractivity contribution in [1.29, 1.82) is 0 Å². The van der Waals surface area contributed by atoms with Crippen LogP contribution in [0.25, 0.3) is 0 Å². The first-order valence-electron chi connectivity index (χ1n) is 6.83. The maximum absolute atomic E-state index is 12.1. The molecule has 0 saturated carbocycles. The molecule has 0 heterocycles. The quantitative estimate of drug-likeness (QED) is 0.888. The molecule has 2 aromatic carbocycles. The zero-order valence-corrected chi connectivity index (χ0v) is 12.2. The van der Waals surface area contributed by atoms with Crippen LogP contribution >= 0.6 is 0 Å². The van der Waals surface area contributed by atoms with E-state index in [0.29, 0.717) is 11.3 Å². The Balaban J connectivity index is 2.08. The van der Waals surface area contributed by atoms with Crippen LogP contribution in [0.2, 0.25) is 0 Å². The minimum absolute atomic E-state index is 0.121. The number of para-hydroxylation sites is 2. The van der Waals surface area contributed by atoms with Gasteiger partial charge in [-0.3, -0.25) is 4.79 Å². The fourth-order valence-electron chi connectivity index (χ4n) is 2.00. The van der Waals surface area contributed by atoms with Gasteiger partial charge in [-0.2, -0.15) is 0 Å². The Labute approximate surface area is 124 Å². The number of nitrogens with one attached hydrogen (secondary N) is 1. The zero-order chi connectivity index (χ0) is 15.2. The van der Waals surface area contributed by atoms with Gasteiger partial charge >= 0.3 is 0 Å². The molecule has 2 N–H and O–H groups in total. The topological polar surface area (TPSA) is 58.6 Å². The van der Waals surface area contributed by atoms with E-state index in [0.717, 1.165) is 11.3 Å². The number of benzene rings is 2. The summed E-state index contributed by atoms with van der Waals surface area (Å²) in [6, 6.07) is 14.7. The summed E-state index contributed by atoms with van der Waals surface area (Å²) in [5.41, 5.74) is 2.29. The number of hydrogen-bond donors (Lipinski definition) is 2. The number of aryl methyl sites for hydroxylation is 1. The van der Waals surface area contributed by atoms with Crippen molar-refractivity contribution in [3.8, 4) is 5.75 Å². The summed E-state index contributed by atoms with van der Waals surface area (Å²) < 4.78 is 5.73. The molecule has 0 aliphatic carbocycles. The van der Waals surface area contributed by atoms with Crippen molar-refractivity contribution in [2.75, 3.05) is 5.32 Å². The Morgan fingerprint density at radius 3 is 2.57 bits per heavy atom. The van der Waals surface area contributed by atoms with Crippen LogP contribution in [0.5, 0.6) is 5.75 Å². The van der Waals surface area contributed by atoms with E-state index in [9.17, 15) is 9.90 Å². The molecule has 1 amide bonds. The first-order valence-corrected chi connectivity index (χ1v) is 6.83. The Morgan fingerprint density at radius 2 is 1.90 bits per heavy atom. The highest BCUT2D eigenvalue weighted by Gasteiger charge is 2.17. The molecule has 21 heavy (non-hydrogen) atoms. The number of ether oxygens (including phenoxy) is 1. The molecule has 1 atom stereocenters. The predicted octanol–water partition coefficient (Wildman–Crippen LogP) is 2.89. The third kappa shape index (κ3) is 3.83. The standard InChI is InChI=1S/C17H19NO3/c1-12-7-6-8-14(11-19)16(12)21-13(2)17(20)18-15-9-4-3-5-10-15/h3-10,13,19H,11H2,1-2H3,(H,18,20). The van der Waals surface area contributed by atoms with E-state index >= 15 is 0 Å². The lowest BCUT2D eigenvalue weighted by atomic mass is 10.1. The van der Waals surface area contributed by atoms with Gasteiger partial charge in [0.25, 0.3) is 5.91 Å². The second-order valence-corrected chi connectivity index (χ2v) is 4.84. The number of carbonyl (C=O) groups is 1. The average Bonchev–Trinajstić information content (AvgIpc) is 2.50. The molecule has 0 aromatic heterocycles. The Hall–Kier alpha value is -2.33. The summed E-state index contributed by atoms with van der Waals surface area (Å²) in [5, 5.41) is 12.1. The largest absolute Gasteiger partial charge is 0.480 e. The maximum Gasteiger partial charge on any atom is 0.265 e. The van der Waals surface area contributed by atoms with Crippen molar-refractivity contribution in [1.82, 2.24) is 0 Å². The van der Waals surface area contributed by atoms with E-state index in [2.05, 4.69) is 5.32 Å². The van der Waals surface area contributed by atoms with E-state index in [1.807, 2.05) is 49.4 Å². The van der Waals surface area contributed by atoms with E-state index in [-0.39, 0.29) is 12.5 Å². The summed E-state index contributed by atoms with van der Waals surface area (Å²) in [6.45, 7) is 3.45. The fraction of sp³-hybridized carbons (Fsp3) is 0.235. The molecule has 0 aliphatic rings. The molecular weight excluding hydrogens is 266 g/mol. The molecule has 2 rings (SSSR count). The maximum atomic E-state index is 12.1. The molecule has 0 aliphatic heterocycles. The summed E-state index contributed by atoms with van der Waals surface area (Å²) in [4.78, 5) is 12.1. The van der Waals surface area contributed by atoms with Crippen LogP contribution in [0.1, 0.15) is 18.1 Å². The Morgan fingerprint density at radius 1 is 1.19 bits per heavy atom. The second kappa shape index (κ2) is 6.90. The van der Waals surface area contributed by atoms with Gasteiger partial charge in [0.1, 0.15) is 5.75 Å². The van der Waals surface area contributed by atoms with Gasteiger partial charge in [0.05, 0.1) is 6.61 Å². The minimum Gasteiger partial charge on any atom is -0.480 e. The molecule has 110 valence electrons. The van der Waals surface area contributed by atoms with E-state index in [1.165, 1.54) is 0 Å². The zero-order valence-electron chi connectivity index (χ0n) is 12.2. The SMILES string of the molecule is Cc1cccc(CO)c1OC(C)C(=O)Nc1ccccc1. The van der Waals surface area contributed by atoms with Crippen molar-refractivity contribution < 1.29 is 14.6 Å². The van der Waals surface area contributed by atoms with E-state index < -0.39 is 6.10 Å². The van der Waals surface area contributed by atoms with Crippen molar-refractivity contribution in [2.45, 2.75) is 26.6 Å². The molecule has 0 saturated heterocycles. The van der Waals surface area contributed by atoms with Gasteiger partial charge < -0.3 is 15.2 Å². The smallest absolute Gasteiger partial charge is 0.265 e. The van der Waals surface area contributed by atoms with Gasteiger partial charge in [-0.1, -0.05) is 36.4 Å². The number of hydrogen-bond acceptors (Lipinski definition) is 3. The highest BCUT2D eigenvalue weighted by atomic mass is 16.5. The van der Waals surface area contributed by atoms with Crippen molar-refractivity contribution in [2.24, 2.45) is 0 Å². The summed E-state index contributed by atoms with van der Waals surface area (Å²) in [6.07, 6.45) is -0.656. The van der Waals surface area contributed by atoms with E-state index in [4.69, 9.17) is 4.74 Å². The van der Waals surface area contributed by atoms with Crippen molar-refractivity contribution in [3.63, 3.8) is 0 Å². The number of rotatable bonds is 5. The monoisotopic (exact) mass is 285 g/mol. The van der Waals surface area contributed by atoms with Crippen LogP contribution in [0.4, 0.5) is 5.69 Å². The van der Waals surface area contributed by atoms with Crippen LogP contribution in [0.15, 0.2) is 48.5 Å². The lowest BCUT2D eigenvalue weighted by Crippen LogP contribution is -2.30. The van der Waals surface area contributed by atoms with Crippen molar-refractivity contribution >= 4 is 11.6 Å². The number of aliphatic hydroxyl groups excluding tert-OH is 1. The minimum atomic E-state index is -0.656. The van der Waals surface area contributed by atoms with E-state index in [1.54, 1.807) is 13.0 Å². The molecule has 0 radical (unpaired) electrons. The lowest BCUT2D eigenvalue weighted by molar-refractivity contribution is -0.122. The molecular formula is C17H19NO3. The molecule has 2 aromatic rings. The normalized spacial score (nSPS) is 11.8. The van der Waals surface area contributed by atoms with Gasteiger partial charge in [0.15, 0.2) is 6.10 Å². The average molecular weight is 285 g/mol. The molecule has 0 spiro atoms. The first-order chi connectivity index (χ1) is 10.1. The van der Waals surface area contributed by atoms with Gasteiger partial charge in [0.2, 0.25) is 0 Å². The number of carbonyl (C=O) groups excluding carboxylic acids is 1. The van der Waals surface area contributed by atoms with Crippen LogP contribution in [-0.2, 0) is 11.4 Å². The molecule has 4 heteroatoms. The molecule has 0 fully saturated rings. The Kier molecular flexibility index (Phi) is 4.95. The number of anilines is 1. The van der Waals surface area contributed by atoms with Gasteiger partial charge in [-0.15, -0.1) is 0 Å². The molecule has 4 nitrogen and oxygen atoms in total. The van der Waals surface area contributed by atoms with Crippen LogP contribution < -0.4 is 10.1 Å². The highest BCUT2D eigenvalue weighted by Crippen LogP contribution is 2.24. The third-order valence-corrected chi connectivity index (χ3v) is 3.17. The first kappa shape index (κ1) is 15.1. The van der Waals surface area contributed by atoms with Crippen molar-refractivity contribution in [3.05, 3.63) is 59.7 Å². The summed E-state index contributed by atoms with van der Waals surface area (Å²) in [7, 11) is 0. The Bertz CT molecular complexity index is 611. The number of amides is 1. The number of aliphatic hydroxyl groups is 1. The molecule has 0 bridgehead atoms. The van der Waals surface area contributed by atoms with Crippen LogP contribution in [-0.4, -0.2) is 17.1 Å². The lowest BCUT2D eigenvalue weighted by Gasteiger charge is -2.18. The van der Waals surface area contributed by atoms with Crippen LogP contribution in [0, 0.1) is 6.92 Å². The highest BCUT2D eigenvalue weighted by molar-refractivity contribution is 5.94. The van der Waals surface area contributed by atoms with Gasteiger partial charge in [-0.05, 0) is 31.5 Å². The fourth-order valence-corrected chi connectivity index (χ4v) is 2.00. The third-order valence-electron chi connectivity index (χ3n) is 3.17. The summed E-state index contributed by atoms with van der Waals surface area (Å²) >= 11 is 0. The summed E-state index contributed by atoms with van der Waals surface area (Å²) in [5.74, 6) is 0.337. The second-order valence-electron chi connectivity index (χ2n) is 4.84. The predicted molar refractivity (Wildman–Crippen MR) is 82.3 cm³/mol. The van der Waals surface area contributed by atoms with Gasteiger partial charge in [0, 0.05) is 11.3 Å².